The molecule has 2 aliphatic heterocycles. The third-order valence-electron chi connectivity index (χ3n) is 6.16. The van der Waals surface area contributed by atoms with Gasteiger partial charge in [-0.15, -0.1) is 0 Å². The summed E-state index contributed by atoms with van der Waals surface area (Å²) in [4.78, 5) is 4.72. The predicted molar refractivity (Wildman–Crippen MR) is 104 cm³/mol. The van der Waals surface area contributed by atoms with Crippen molar-refractivity contribution in [2.75, 3.05) is 26.7 Å². The molecule has 0 saturated carbocycles. The zero-order chi connectivity index (χ0) is 19.1. The third-order valence-corrected chi connectivity index (χ3v) is 6.16. The van der Waals surface area contributed by atoms with E-state index in [1.807, 2.05) is 39.8 Å². The highest BCUT2D eigenvalue weighted by molar-refractivity contribution is 6.62. The molecule has 3 rings (SSSR count). The van der Waals surface area contributed by atoms with Crippen molar-refractivity contribution in [1.82, 2.24) is 9.80 Å². The number of nitrogens with zero attached hydrogens (tertiary/aromatic N) is 2. The second-order valence-electron chi connectivity index (χ2n) is 8.87. The molecule has 0 radical (unpaired) electrons. The Morgan fingerprint density at radius 2 is 1.81 bits per heavy atom. The first-order valence-corrected chi connectivity index (χ1v) is 9.65. The molecular formula is C20H32BFN2O2. The van der Waals surface area contributed by atoms with E-state index in [0.717, 1.165) is 37.1 Å². The van der Waals surface area contributed by atoms with E-state index < -0.39 is 18.3 Å². The topological polar surface area (TPSA) is 24.9 Å². The van der Waals surface area contributed by atoms with Gasteiger partial charge in [-0.2, -0.15) is 0 Å². The van der Waals surface area contributed by atoms with Crippen LogP contribution in [0.5, 0.6) is 0 Å². The summed E-state index contributed by atoms with van der Waals surface area (Å²) in [6.07, 6.45) is 1.12. The molecule has 4 nitrogen and oxygen atoms in total. The Morgan fingerprint density at radius 3 is 2.42 bits per heavy atom. The van der Waals surface area contributed by atoms with Gasteiger partial charge in [-0.25, -0.2) is 4.39 Å². The van der Waals surface area contributed by atoms with Crippen molar-refractivity contribution in [3.05, 3.63) is 29.6 Å². The van der Waals surface area contributed by atoms with E-state index in [9.17, 15) is 4.39 Å². The Bertz CT molecular complexity index is 637. The Hall–Kier alpha value is -0.945. The molecule has 1 unspecified atom stereocenters. The molecular weight excluding hydrogens is 330 g/mol. The molecule has 0 bridgehead atoms. The first kappa shape index (κ1) is 19.8. The molecule has 0 spiro atoms. The monoisotopic (exact) mass is 362 g/mol. The molecule has 0 aromatic heterocycles. The average molecular weight is 362 g/mol. The summed E-state index contributed by atoms with van der Waals surface area (Å²) in [5.74, 6) is -0.179. The van der Waals surface area contributed by atoms with Crippen LogP contribution in [0.3, 0.4) is 0 Å². The van der Waals surface area contributed by atoms with E-state index in [2.05, 4.69) is 23.8 Å². The van der Waals surface area contributed by atoms with Crippen LogP contribution in [-0.2, 0) is 15.9 Å². The van der Waals surface area contributed by atoms with E-state index >= 15 is 0 Å². The maximum Gasteiger partial charge on any atom is 0.494 e. The van der Waals surface area contributed by atoms with Crippen LogP contribution in [0.25, 0.3) is 0 Å². The van der Waals surface area contributed by atoms with E-state index in [1.54, 1.807) is 6.07 Å². The lowest BCUT2D eigenvalue weighted by atomic mass is 9.78. The lowest BCUT2D eigenvalue weighted by Crippen LogP contribution is -2.41. The van der Waals surface area contributed by atoms with E-state index in [-0.39, 0.29) is 5.82 Å². The van der Waals surface area contributed by atoms with Crippen molar-refractivity contribution in [3.63, 3.8) is 0 Å². The van der Waals surface area contributed by atoms with Crippen molar-refractivity contribution < 1.29 is 13.7 Å². The zero-order valence-electron chi connectivity index (χ0n) is 17.0. The maximum atomic E-state index is 14.8. The smallest absolute Gasteiger partial charge is 0.399 e. The van der Waals surface area contributed by atoms with Crippen LogP contribution in [0.4, 0.5) is 4.39 Å². The number of hydrogen-bond acceptors (Lipinski definition) is 4. The SMILES string of the molecule is CC1CN(C)CCCN1Cc1ccc(B2OC(C)(C)C(C)(C)O2)cc1F. The highest BCUT2D eigenvalue weighted by atomic mass is 19.1. The fourth-order valence-corrected chi connectivity index (χ4v) is 3.69. The van der Waals surface area contributed by atoms with Gasteiger partial charge in [-0.1, -0.05) is 12.1 Å². The summed E-state index contributed by atoms with van der Waals surface area (Å²) in [6, 6.07) is 5.82. The highest BCUT2D eigenvalue weighted by Crippen LogP contribution is 2.36. The summed E-state index contributed by atoms with van der Waals surface area (Å²) < 4.78 is 26.9. The molecule has 0 N–H and O–H groups in total. The molecule has 1 aromatic carbocycles. The molecule has 144 valence electrons. The first-order valence-electron chi connectivity index (χ1n) is 9.65. The second-order valence-corrected chi connectivity index (χ2v) is 8.87. The molecule has 6 heteroatoms. The van der Waals surface area contributed by atoms with Crippen LogP contribution in [0.15, 0.2) is 18.2 Å². The molecule has 2 fully saturated rings. The van der Waals surface area contributed by atoms with Gasteiger partial charge in [0.2, 0.25) is 0 Å². The fourth-order valence-electron chi connectivity index (χ4n) is 3.69. The predicted octanol–water partition coefficient (Wildman–Crippen LogP) is 2.65. The average Bonchev–Trinajstić information content (AvgIpc) is 2.64. The van der Waals surface area contributed by atoms with E-state index in [4.69, 9.17) is 9.31 Å². The second kappa shape index (κ2) is 7.23. The quantitative estimate of drug-likeness (QED) is 0.772. The largest absolute Gasteiger partial charge is 0.494 e. The minimum absolute atomic E-state index is 0.179. The first-order chi connectivity index (χ1) is 12.1. The van der Waals surface area contributed by atoms with Gasteiger partial charge in [-0.3, -0.25) is 4.90 Å². The van der Waals surface area contributed by atoms with Crippen LogP contribution >= 0.6 is 0 Å². The fraction of sp³-hybridized carbons (Fsp3) is 0.700. The zero-order valence-corrected chi connectivity index (χ0v) is 17.0. The summed E-state index contributed by atoms with van der Waals surface area (Å²) in [6.45, 7) is 14.0. The normalized spacial score (nSPS) is 26.9. The van der Waals surface area contributed by atoms with Crippen LogP contribution in [0.2, 0.25) is 0 Å². The van der Waals surface area contributed by atoms with Gasteiger partial charge in [-0.05, 0) is 66.2 Å². The Balaban J connectivity index is 1.72. The number of hydrogen-bond donors (Lipinski definition) is 0. The molecule has 2 heterocycles. The molecule has 0 amide bonds. The van der Waals surface area contributed by atoms with Crippen molar-refractivity contribution in [2.45, 2.75) is 64.8 Å². The molecule has 0 aliphatic carbocycles. The minimum Gasteiger partial charge on any atom is -0.399 e. The standard InChI is InChI=1S/C20H32BFN2O2/c1-15-13-23(6)10-7-11-24(15)14-16-8-9-17(12-18(16)22)21-25-19(2,3)20(4,5)26-21/h8-9,12,15H,7,10-11,13-14H2,1-6H3. The van der Waals surface area contributed by atoms with E-state index in [0.29, 0.717) is 12.6 Å². The number of rotatable bonds is 3. The highest BCUT2D eigenvalue weighted by Gasteiger charge is 2.51. The van der Waals surface area contributed by atoms with Gasteiger partial charge in [0, 0.05) is 31.2 Å². The number of benzene rings is 1. The van der Waals surface area contributed by atoms with Crippen LogP contribution in [-0.4, -0.2) is 60.8 Å². The lowest BCUT2D eigenvalue weighted by Gasteiger charge is -2.32. The molecule has 2 aliphatic rings. The van der Waals surface area contributed by atoms with Gasteiger partial charge in [0.25, 0.3) is 0 Å². The Morgan fingerprint density at radius 1 is 1.15 bits per heavy atom. The number of halogens is 1. The van der Waals surface area contributed by atoms with Crippen molar-refractivity contribution in [2.24, 2.45) is 0 Å². The summed E-state index contributed by atoms with van der Waals surface area (Å²) in [5.41, 5.74) is 0.649. The van der Waals surface area contributed by atoms with Gasteiger partial charge < -0.3 is 14.2 Å². The van der Waals surface area contributed by atoms with Crippen molar-refractivity contribution >= 4 is 12.6 Å². The van der Waals surface area contributed by atoms with E-state index in [1.165, 1.54) is 0 Å². The number of likely N-dealkylation sites (N-methyl/N-ethyl adjacent to an activating group) is 1. The molecule has 1 atom stereocenters. The van der Waals surface area contributed by atoms with Gasteiger partial charge in [0.1, 0.15) is 5.82 Å². The Kier molecular flexibility index (Phi) is 5.51. The van der Waals surface area contributed by atoms with Gasteiger partial charge in [0.15, 0.2) is 0 Å². The Labute approximate surface area is 157 Å². The molecule has 26 heavy (non-hydrogen) atoms. The maximum absolute atomic E-state index is 14.8. The van der Waals surface area contributed by atoms with Gasteiger partial charge >= 0.3 is 7.12 Å². The summed E-state index contributed by atoms with van der Waals surface area (Å²) in [5, 5.41) is 0. The minimum atomic E-state index is -0.519. The van der Waals surface area contributed by atoms with Crippen LogP contribution in [0.1, 0.15) is 46.6 Å². The third kappa shape index (κ3) is 3.98. The van der Waals surface area contributed by atoms with Crippen LogP contribution < -0.4 is 5.46 Å². The molecule has 1 aromatic rings. The summed E-state index contributed by atoms with van der Waals surface area (Å²) >= 11 is 0. The van der Waals surface area contributed by atoms with Crippen molar-refractivity contribution in [3.8, 4) is 0 Å². The van der Waals surface area contributed by atoms with Crippen LogP contribution in [0, 0.1) is 5.82 Å². The van der Waals surface area contributed by atoms with Crippen molar-refractivity contribution in [1.29, 1.82) is 0 Å². The lowest BCUT2D eigenvalue weighted by molar-refractivity contribution is 0.00578. The molecule has 2 saturated heterocycles. The van der Waals surface area contributed by atoms with Gasteiger partial charge in [0.05, 0.1) is 11.2 Å². The summed E-state index contributed by atoms with van der Waals surface area (Å²) in [7, 11) is 1.63.